The maximum atomic E-state index is 13.0. The summed E-state index contributed by atoms with van der Waals surface area (Å²) >= 11 is 0. The molecule has 168 valence electrons. The van der Waals surface area contributed by atoms with Crippen LogP contribution in [0.1, 0.15) is 10.4 Å². The fourth-order valence-electron chi connectivity index (χ4n) is 4.39. The number of fused-ring (bicyclic) bond motifs is 1. The van der Waals surface area contributed by atoms with Crippen molar-refractivity contribution >= 4 is 28.2 Å². The molecule has 6 nitrogen and oxygen atoms in total. The summed E-state index contributed by atoms with van der Waals surface area (Å²) < 4.78 is 2.26. The molecule has 6 heteroatoms. The molecule has 2 heterocycles. The number of hydrogen-bond donors (Lipinski definition) is 3. The smallest absolute Gasteiger partial charge is 0.255 e. The standard InChI is InChI=1S/C27H29N5O/c28-24-8-6-21(20-4-2-1-3-5-20)19-25(24)30-27(33)23-7-9-26-22(18-23)10-13-32(26)17-16-31-14-11-29-12-15-31/h1-10,13,18-19,29H,11-12,14-17,28H2,(H,30,33). The van der Waals surface area contributed by atoms with Crippen molar-refractivity contribution in [2.45, 2.75) is 6.54 Å². The second-order valence-corrected chi connectivity index (χ2v) is 8.50. The Morgan fingerprint density at radius 3 is 2.55 bits per heavy atom. The number of hydrogen-bond acceptors (Lipinski definition) is 4. The maximum Gasteiger partial charge on any atom is 0.255 e. The summed E-state index contributed by atoms with van der Waals surface area (Å²) in [5.74, 6) is -0.164. The molecule has 33 heavy (non-hydrogen) atoms. The van der Waals surface area contributed by atoms with Crippen LogP contribution in [0.15, 0.2) is 79.0 Å². The van der Waals surface area contributed by atoms with E-state index in [1.807, 2.05) is 66.7 Å². The third-order valence-corrected chi connectivity index (χ3v) is 6.31. The first-order valence-electron chi connectivity index (χ1n) is 11.5. The fourth-order valence-corrected chi connectivity index (χ4v) is 4.39. The van der Waals surface area contributed by atoms with Gasteiger partial charge in [-0.25, -0.2) is 0 Å². The van der Waals surface area contributed by atoms with Crippen LogP contribution < -0.4 is 16.4 Å². The van der Waals surface area contributed by atoms with Crippen molar-refractivity contribution in [3.63, 3.8) is 0 Å². The van der Waals surface area contributed by atoms with Crippen molar-refractivity contribution in [2.24, 2.45) is 0 Å². The van der Waals surface area contributed by atoms with Crippen LogP contribution >= 0.6 is 0 Å². The molecule has 4 aromatic rings. The van der Waals surface area contributed by atoms with Gasteiger partial charge in [0.1, 0.15) is 0 Å². The summed E-state index contributed by atoms with van der Waals surface area (Å²) in [6, 6.07) is 23.7. The molecule has 5 rings (SSSR count). The average Bonchev–Trinajstić information content (AvgIpc) is 3.27. The van der Waals surface area contributed by atoms with Gasteiger partial charge < -0.3 is 20.9 Å². The van der Waals surface area contributed by atoms with Gasteiger partial charge in [0.25, 0.3) is 5.91 Å². The highest BCUT2D eigenvalue weighted by Gasteiger charge is 2.13. The Bertz CT molecular complexity index is 1260. The Morgan fingerprint density at radius 1 is 0.909 bits per heavy atom. The summed E-state index contributed by atoms with van der Waals surface area (Å²) in [5.41, 5.74) is 11.2. The van der Waals surface area contributed by atoms with E-state index in [-0.39, 0.29) is 5.91 Å². The summed E-state index contributed by atoms with van der Waals surface area (Å²) in [5, 5.41) is 7.45. The van der Waals surface area contributed by atoms with Crippen LogP contribution in [-0.2, 0) is 6.54 Å². The van der Waals surface area contributed by atoms with E-state index in [9.17, 15) is 4.79 Å². The molecule has 3 aromatic carbocycles. The van der Waals surface area contributed by atoms with Crippen molar-refractivity contribution in [2.75, 3.05) is 43.8 Å². The normalized spacial score (nSPS) is 14.4. The molecule has 1 saturated heterocycles. The summed E-state index contributed by atoms with van der Waals surface area (Å²) in [6.45, 7) is 6.28. The van der Waals surface area contributed by atoms with Crippen LogP contribution in [0.25, 0.3) is 22.0 Å². The van der Waals surface area contributed by atoms with Crippen LogP contribution in [0, 0.1) is 0 Å². The zero-order chi connectivity index (χ0) is 22.6. The number of amides is 1. The van der Waals surface area contributed by atoms with Gasteiger partial charge in [-0.3, -0.25) is 9.69 Å². The number of carbonyl (C=O) groups is 1. The van der Waals surface area contributed by atoms with E-state index >= 15 is 0 Å². The van der Waals surface area contributed by atoms with Crippen LogP contribution in [0.2, 0.25) is 0 Å². The van der Waals surface area contributed by atoms with Gasteiger partial charge in [-0.15, -0.1) is 0 Å². The molecule has 0 spiro atoms. The maximum absolute atomic E-state index is 13.0. The largest absolute Gasteiger partial charge is 0.397 e. The van der Waals surface area contributed by atoms with Crippen molar-refractivity contribution in [1.29, 1.82) is 0 Å². The molecular formula is C27H29N5O. The molecule has 4 N–H and O–H groups in total. The minimum absolute atomic E-state index is 0.164. The number of nitrogen functional groups attached to an aromatic ring is 1. The highest BCUT2D eigenvalue weighted by molar-refractivity contribution is 6.07. The van der Waals surface area contributed by atoms with Crippen LogP contribution in [0.4, 0.5) is 11.4 Å². The lowest BCUT2D eigenvalue weighted by atomic mass is 10.0. The molecule has 1 amide bonds. The van der Waals surface area contributed by atoms with Gasteiger partial charge in [0.05, 0.1) is 11.4 Å². The Balaban J connectivity index is 1.31. The monoisotopic (exact) mass is 439 g/mol. The van der Waals surface area contributed by atoms with Gasteiger partial charge in [0.2, 0.25) is 0 Å². The molecule has 0 unspecified atom stereocenters. The van der Waals surface area contributed by atoms with Crippen molar-refractivity contribution in [1.82, 2.24) is 14.8 Å². The number of benzene rings is 3. The van der Waals surface area contributed by atoms with Gasteiger partial charge in [-0.2, -0.15) is 0 Å². The summed E-state index contributed by atoms with van der Waals surface area (Å²) in [4.78, 5) is 15.5. The predicted molar refractivity (Wildman–Crippen MR) is 135 cm³/mol. The van der Waals surface area contributed by atoms with Crippen LogP contribution in [0.5, 0.6) is 0 Å². The van der Waals surface area contributed by atoms with Crippen molar-refractivity contribution < 1.29 is 4.79 Å². The molecule has 1 aliphatic heterocycles. The molecular weight excluding hydrogens is 410 g/mol. The second-order valence-electron chi connectivity index (χ2n) is 8.50. The van der Waals surface area contributed by atoms with Crippen molar-refractivity contribution in [3.05, 3.63) is 84.6 Å². The number of nitrogens with one attached hydrogen (secondary N) is 2. The zero-order valence-corrected chi connectivity index (χ0v) is 18.6. The average molecular weight is 440 g/mol. The Labute approximate surface area is 194 Å². The molecule has 0 saturated carbocycles. The van der Waals surface area contributed by atoms with Gasteiger partial charge in [0.15, 0.2) is 0 Å². The summed E-state index contributed by atoms with van der Waals surface area (Å²) in [6.07, 6.45) is 2.11. The van der Waals surface area contributed by atoms with E-state index in [1.54, 1.807) is 0 Å². The molecule has 1 aromatic heterocycles. The van der Waals surface area contributed by atoms with Gasteiger partial charge in [-0.1, -0.05) is 36.4 Å². The Hall–Kier alpha value is -3.61. The molecule has 1 aliphatic rings. The first-order chi connectivity index (χ1) is 16.2. The van der Waals surface area contributed by atoms with E-state index in [1.165, 1.54) is 0 Å². The lowest BCUT2D eigenvalue weighted by molar-refractivity contribution is 0.102. The van der Waals surface area contributed by atoms with E-state index in [0.29, 0.717) is 16.9 Å². The number of rotatable bonds is 6. The fraction of sp³-hybridized carbons (Fsp3) is 0.222. The van der Waals surface area contributed by atoms with Crippen LogP contribution in [0.3, 0.4) is 0 Å². The minimum atomic E-state index is -0.164. The molecule has 0 atom stereocenters. The highest BCUT2D eigenvalue weighted by atomic mass is 16.1. The van der Waals surface area contributed by atoms with Crippen LogP contribution in [-0.4, -0.2) is 48.1 Å². The highest BCUT2D eigenvalue weighted by Crippen LogP contribution is 2.28. The lowest BCUT2D eigenvalue weighted by Gasteiger charge is -2.27. The molecule has 0 aliphatic carbocycles. The van der Waals surface area contributed by atoms with E-state index in [2.05, 4.69) is 32.4 Å². The zero-order valence-electron chi connectivity index (χ0n) is 18.6. The third-order valence-electron chi connectivity index (χ3n) is 6.31. The Kier molecular flexibility index (Phi) is 6.11. The second kappa shape index (κ2) is 9.48. The SMILES string of the molecule is Nc1ccc(-c2ccccc2)cc1NC(=O)c1ccc2c(ccn2CCN2CCNCC2)c1. The third kappa shape index (κ3) is 4.77. The van der Waals surface area contributed by atoms with Gasteiger partial charge in [0, 0.05) is 61.9 Å². The van der Waals surface area contributed by atoms with Gasteiger partial charge in [-0.05, 0) is 47.5 Å². The number of nitrogens with two attached hydrogens (primary N) is 1. The Morgan fingerprint density at radius 2 is 1.73 bits per heavy atom. The molecule has 1 fully saturated rings. The van der Waals surface area contributed by atoms with E-state index < -0.39 is 0 Å². The first kappa shape index (κ1) is 21.2. The quantitative estimate of drug-likeness (QED) is 0.396. The predicted octanol–water partition coefficient (Wildman–Crippen LogP) is 4.05. The molecule has 0 radical (unpaired) electrons. The lowest BCUT2D eigenvalue weighted by Crippen LogP contribution is -2.44. The van der Waals surface area contributed by atoms with E-state index in [4.69, 9.17) is 5.73 Å². The number of piperazine rings is 1. The topological polar surface area (TPSA) is 75.3 Å². The minimum Gasteiger partial charge on any atom is -0.397 e. The number of nitrogens with zero attached hydrogens (tertiary/aromatic N) is 2. The van der Waals surface area contributed by atoms with Crippen molar-refractivity contribution in [3.8, 4) is 11.1 Å². The first-order valence-corrected chi connectivity index (χ1v) is 11.5. The summed E-state index contributed by atoms with van der Waals surface area (Å²) in [7, 11) is 0. The number of carbonyl (C=O) groups excluding carboxylic acids is 1. The van der Waals surface area contributed by atoms with E-state index in [0.717, 1.165) is 61.3 Å². The van der Waals surface area contributed by atoms with Gasteiger partial charge >= 0.3 is 0 Å². The number of aromatic nitrogens is 1. The molecule has 0 bridgehead atoms. The number of anilines is 2.